The summed E-state index contributed by atoms with van der Waals surface area (Å²) in [7, 11) is 5.40. The highest BCUT2D eigenvalue weighted by molar-refractivity contribution is 5.70. The normalized spacial score (nSPS) is 13.0. The zero-order chi connectivity index (χ0) is 38.5. The molecule has 2 unspecified atom stereocenters. The van der Waals surface area contributed by atoms with E-state index in [-0.39, 0.29) is 42.7 Å². The van der Waals surface area contributed by atoms with Crippen molar-refractivity contribution in [1.82, 2.24) is 0 Å². The fourth-order valence-electron chi connectivity index (χ4n) is 6.46. The highest BCUT2D eigenvalue weighted by Gasteiger charge is 2.25. The molecule has 0 aromatic heterocycles. The van der Waals surface area contributed by atoms with Crippen LogP contribution in [-0.4, -0.2) is 75.5 Å². The van der Waals surface area contributed by atoms with Crippen LogP contribution >= 0.6 is 0 Å². The first-order valence-corrected chi connectivity index (χ1v) is 21.7. The van der Waals surface area contributed by atoms with Crippen LogP contribution in [0.1, 0.15) is 200 Å². The summed E-state index contributed by atoms with van der Waals surface area (Å²) in [6, 6.07) is -0.722. The van der Waals surface area contributed by atoms with Gasteiger partial charge in [0.2, 0.25) is 0 Å². The van der Waals surface area contributed by atoms with Crippen molar-refractivity contribution in [3.8, 4) is 0 Å². The van der Waals surface area contributed by atoms with Gasteiger partial charge in [0.15, 0.2) is 6.10 Å². The molecule has 0 aliphatic heterocycles. The Morgan fingerprint density at radius 3 is 1.44 bits per heavy atom. The van der Waals surface area contributed by atoms with E-state index in [0.717, 1.165) is 57.8 Å². The zero-order valence-electron chi connectivity index (χ0n) is 34.7. The minimum Gasteiger partial charge on any atom is -0.544 e. The number of ether oxygens (including phenoxy) is 3. The molecule has 8 nitrogen and oxygen atoms in total. The van der Waals surface area contributed by atoms with Gasteiger partial charge in [0.25, 0.3) is 0 Å². The summed E-state index contributed by atoms with van der Waals surface area (Å²) in [5.74, 6) is -1.74. The number of aliphatic carboxylic acids is 1. The Morgan fingerprint density at radius 1 is 0.558 bits per heavy atom. The van der Waals surface area contributed by atoms with E-state index in [9.17, 15) is 19.5 Å². The molecule has 306 valence electrons. The predicted molar refractivity (Wildman–Crippen MR) is 213 cm³/mol. The van der Waals surface area contributed by atoms with Crippen molar-refractivity contribution >= 4 is 17.9 Å². The van der Waals surface area contributed by atoms with Gasteiger partial charge in [-0.05, 0) is 32.1 Å². The van der Waals surface area contributed by atoms with E-state index in [1.54, 1.807) is 21.1 Å². The van der Waals surface area contributed by atoms with E-state index >= 15 is 0 Å². The number of carbonyl (C=O) groups excluding carboxylic acids is 3. The lowest BCUT2D eigenvalue weighted by atomic mass is 10.0. The summed E-state index contributed by atoms with van der Waals surface area (Å²) in [5.41, 5.74) is 0. The van der Waals surface area contributed by atoms with Gasteiger partial charge in [-0.2, -0.15) is 0 Å². The second-order valence-electron chi connectivity index (χ2n) is 15.9. The van der Waals surface area contributed by atoms with Gasteiger partial charge in [-0.1, -0.05) is 161 Å². The number of nitrogens with zero attached hydrogens (tertiary/aromatic N) is 1. The van der Waals surface area contributed by atoms with Gasteiger partial charge in [-0.25, -0.2) is 0 Å². The fraction of sp³-hybridized carbons (Fsp3) is 0.886. The Morgan fingerprint density at radius 2 is 0.981 bits per heavy atom. The third kappa shape index (κ3) is 33.9. The number of carboxylic acid groups (broad SMARTS) is 1. The molecular formula is C44H83NO7. The molecule has 0 aliphatic carbocycles. The summed E-state index contributed by atoms with van der Waals surface area (Å²) < 4.78 is 17.1. The second kappa shape index (κ2) is 36.1. The van der Waals surface area contributed by atoms with Gasteiger partial charge < -0.3 is 28.6 Å². The highest BCUT2D eigenvalue weighted by Crippen LogP contribution is 2.15. The summed E-state index contributed by atoms with van der Waals surface area (Å²) in [5, 5.41) is 11.6. The molecule has 0 heterocycles. The maximum absolute atomic E-state index is 12.6. The minimum atomic E-state index is -1.12. The second-order valence-corrected chi connectivity index (χ2v) is 15.9. The van der Waals surface area contributed by atoms with E-state index in [1.165, 1.54) is 109 Å². The summed E-state index contributed by atoms with van der Waals surface area (Å²) in [6.45, 7) is 4.62. The Hall–Kier alpha value is -1.93. The number of esters is 2. The van der Waals surface area contributed by atoms with Crippen molar-refractivity contribution in [3.05, 3.63) is 12.2 Å². The zero-order valence-corrected chi connectivity index (χ0v) is 34.7. The number of hydrogen-bond acceptors (Lipinski definition) is 7. The molecule has 8 heteroatoms. The van der Waals surface area contributed by atoms with Crippen LogP contribution in [0.3, 0.4) is 0 Å². The lowest BCUT2D eigenvalue weighted by Crippen LogP contribution is -2.55. The third-order valence-electron chi connectivity index (χ3n) is 9.90. The predicted octanol–water partition coefficient (Wildman–Crippen LogP) is 10.2. The van der Waals surface area contributed by atoms with E-state index in [2.05, 4.69) is 26.0 Å². The molecule has 0 aliphatic rings. The number of carbonyl (C=O) groups is 3. The number of rotatable bonds is 39. The van der Waals surface area contributed by atoms with E-state index < -0.39 is 18.1 Å². The first kappa shape index (κ1) is 50.1. The molecule has 0 amide bonds. The van der Waals surface area contributed by atoms with Gasteiger partial charge in [-0.15, -0.1) is 0 Å². The van der Waals surface area contributed by atoms with Gasteiger partial charge in [0.05, 0.1) is 40.3 Å². The Kier molecular flexibility index (Phi) is 34.7. The number of allylic oxidation sites excluding steroid dienone is 2. The molecule has 0 aromatic carbocycles. The van der Waals surface area contributed by atoms with Gasteiger partial charge in [0, 0.05) is 19.3 Å². The van der Waals surface area contributed by atoms with Crippen LogP contribution in [0.5, 0.6) is 0 Å². The summed E-state index contributed by atoms with van der Waals surface area (Å²) in [4.78, 5) is 36.7. The molecule has 0 fully saturated rings. The van der Waals surface area contributed by atoms with Crippen molar-refractivity contribution < 1.29 is 38.2 Å². The maximum Gasteiger partial charge on any atom is 0.306 e. The number of unbranched alkanes of at least 4 members (excludes halogenated alkanes) is 23. The van der Waals surface area contributed by atoms with Crippen LogP contribution in [0.2, 0.25) is 0 Å². The van der Waals surface area contributed by atoms with E-state index in [1.807, 2.05) is 0 Å². The molecule has 2 atom stereocenters. The third-order valence-corrected chi connectivity index (χ3v) is 9.90. The van der Waals surface area contributed by atoms with Crippen molar-refractivity contribution in [1.29, 1.82) is 0 Å². The van der Waals surface area contributed by atoms with Crippen LogP contribution in [0.25, 0.3) is 0 Å². The maximum atomic E-state index is 12.6. The van der Waals surface area contributed by atoms with Crippen LogP contribution in [0, 0.1) is 0 Å². The summed E-state index contributed by atoms with van der Waals surface area (Å²) >= 11 is 0. The van der Waals surface area contributed by atoms with Crippen LogP contribution in [-0.2, 0) is 28.6 Å². The van der Waals surface area contributed by atoms with Crippen LogP contribution in [0.15, 0.2) is 12.2 Å². The first-order valence-electron chi connectivity index (χ1n) is 21.7. The van der Waals surface area contributed by atoms with Crippen LogP contribution < -0.4 is 5.11 Å². The SMILES string of the molecule is CCCC/C=C/CCCCCCC(=O)OC(COCCC(C(=O)[O-])[N+](C)(C)C)COC(=O)CCCCCCCCCCCCCCCCCCCC. The Balaban J connectivity index is 4.25. The summed E-state index contributed by atoms with van der Waals surface area (Å²) in [6.07, 6.45) is 36.7. The van der Waals surface area contributed by atoms with Crippen molar-refractivity contribution in [2.45, 2.75) is 212 Å². The quantitative estimate of drug-likeness (QED) is 0.0268. The van der Waals surface area contributed by atoms with Gasteiger partial charge in [0.1, 0.15) is 12.6 Å². The Labute approximate surface area is 320 Å². The smallest absolute Gasteiger partial charge is 0.306 e. The molecule has 0 bridgehead atoms. The largest absolute Gasteiger partial charge is 0.544 e. The standard InChI is InChI=1S/C44H83NO7/c1-6-8-10-12-14-16-18-19-20-21-22-23-24-25-27-28-30-32-34-42(46)51-39-40(38-50-37-36-41(44(48)49)45(3,4)5)52-43(47)35-33-31-29-26-17-15-13-11-9-7-2/h13,15,40-41H,6-12,14,16-39H2,1-5H3/b15-13+. The number of carboxylic acids is 1. The van der Waals surface area contributed by atoms with Gasteiger partial charge in [-0.3, -0.25) is 9.59 Å². The van der Waals surface area contributed by atoms with Crippen molar-refractivity contribution in [3.63, 3.8) is 0 Å². The molecule has 0 radical (unpaired) electrons. The topological polar surface area (TPSA) is 102 Å². The van der Waals surface area contributed by atoms with E-state index in [4.69, 9.17) is 14.2 Å². The monoisotopic (exact) mass is 738 g/mol. The number of quaternary nitrogens is 1. The number of hydrogen-bond donors (Lipinski definition) is 0. The lowest BCUT2D eigenvalue weighted by molar-refractivity contribution is -0.889. The average Bonchev–Trinajstić information content (AvgIpc) is 3.09. The number of likely N-dealkylation sites (N-methyl/N-ethyl adjacent to an activating group) is 1. The molecule has 0 N–H and O–H groups in total. The molecule has 0 aromatic rings. The van der Waals surface area contributed by atoms with Crippen LogP contribution in [0.4, 0.5) is 0 Å². The lowest BCUT2D eigenvalue weighted by Gasteiger charge is -2.34. The molecule has 52 heavy (non-hydrogen) atoms. The fourth-order valence-corrected chi connectivity index (χ4v) is 6.46. The van der Waals surface area contributed by atoms with E-state index in [0.29, 0.717) is 12.8 Å². The van der Waals surface area contributed by atoms with Crippen molar-refractivity contribution in [2.75, 3.05) is 41.0 Å². The molecule has 0 spiro atoms. The van der Waals surface area contributed by atoms with Gasteiger partial charge >= 0.3 is 11.9 Å². The average molecular weight is 738 g/mol. The first-order chi connectivity index (χ1) is 25.1. The molecule has 0 saturated heterocycles. The highest BCUT2D eigenvalue weighted by atomic mass is 16.6. The van der Waals surface area contributed by atoms with Crippen molar-refractivity contribution in [2.24, 2.45) is 0 Å². The molecular weight excluding hydrogens is 654 g/mol. The molecule has 0 saturated carbocycles. The molecule has 0 rings (SSSR count). The minimum absolute atomic E-state index is 0.0412. The Bertz CT molecular complexity index is 869.